The van der Waals surface area contributed by atoms with Crippen molar-refractivity contribution >= 4 is 71.0 Å². The Kier molecular flexibility index (Phi) is 17.0. The molecule has 2 fully saturated rings. The lowest BCUT2D eigenvalue weighted by atomic mass is 10.0. The number of hydrogen-bond acceptors (Lipinski definition) is 10. The molecule has 5 N–H and O–H groups in total. The summed E-state index contributed by atoms with van der Waals surface area (Å²) in [5.74, 6) is -2.91. The van der Waals surface area contributed by atoms with E-state index in [1.54, 1.807) is 6.20 Å². The standard InChI is InChI=1S/C21H19ClF2N2O4.C16H13ClF2N2O.C8H10N2O3.ClH/c22-15-9-11(1-4-16(15)23)25-20(27)14-2-5-17(24)19-13(14)3-6-18(19)26-21(28)30-12-7-8-29-10-12;17-11-7-8(1-4-12(11)18)21-16(22)10-2-5-13(19)15-9(10)3-6-14(15)20;11-8(10-3-2-9-6-10)13-7-1-4-12-5-7;/h1-2,4-5,9,12,18H,3,6-8,10H2,(H,25,27)(H,26,28);1-2,4-5,7,14H,3,6,20H2,(H,21,22);2-3,6-7H,1,4-5H2;1H/t12-,18+;14-;7-;/m101./s1. The van der Waals surface area contributed by atoms with Crippen molar-refractivity contribution in [1.29, 1.82) is 0 Å². The number of carbonyl (C=O) groups is 4. The van der Waals surface area contributed by atoms with E-state index in [2.05, 4.69) is 20.9 Å². The quantitative estimate of drug-likeness (QED) is 0.115. The number of hydrogen-bond donors (Lipinski definition) is 4. The van der Waals surface area contributed by atoms with Crippen LogP contribution in [0.2, 0.25) is 10.0 Å². The molecule has 4 atom stereocenters. The molecule has 0 unspecified atom stereocenters. The number of halogens is 7. The molecule has 350 valence electrons. The summed E-state index contributed by atoms with van der Waals surface area (Å²) >= 11 is 11.4. The maximum Gasteiger partial charge on any atom is 0.419 e. The van der Waals surface area contributed by atoms with Gasteiger partial charge in [-0.1, -0.05) is 23.2 Å². The van der Waals surface area contributed by atoms with Crippen LogP contribution >= 0.6 is 35.6 Å². The van der Waals surface area contributed by atoms with Crippen LogP contribution in [0.4, 0.5) is 38.5 Å². The van der Waals surface area contributed by atoms with Gasteiger partial charge in [0.2, 0.25) is 0 Å². The van der Waals surface area contributed by atoms with E-state index in [0.29, 0.717) is 92.2 Å². The minimum atomic E-state index is -0.640. The number of carbonyl (C=O) groups excluding carboxylic acids is 4. The minimum Gasteiger partial charge on any atom is -0.444 e. The first kappa shape index (κ1) is 49.7. The van der Waals surface area contributed by atoms with Crippen molar-refractivity contribution in [2.24, 2.45) is 5.73 Å². The van der Waals surface area contributed by atoms with Crippen molar-refractivity contribution in [3.8, 4) is 0 Å². The highest BCUT2D eigenvalue weighted by molar-refractivity contribution is 6.31. The number of ether oxygens (including phenoxy) is 4. The molecular weight excluding hydrogens is 935 g/mol. The molecule has 3 heterocycles. The number of nitrogens with zero attached hydrogens (tertiary/aromatic N) is 2. The number of nitrogens with one attached hydrogen (secondary N) is 3. The zero-order valence-corrected chi connectivity index (χ0v) is 37.1. The van der Waals surface area contributed by atoms with Gasteiger partial charge in [0.05, 0.1) is 42.5 Å². The monoisotopic (exact) mass is 976 g/mol. The Bertz CT molecular complexity index is 2560. The van der Waals surface area contributed by atoms with Crippen LogP contribution in [0.25, 0.3) is 0 Å². The zero-order valence-electron chi connectivity index (χ0n) is 34.8. The molecule has 0 radical (unpaired) electrons. The molecule has 1 aromatic heterocycles. The van der Waals surface area contributed by atoms with Gasteiger partial charge in [-0.2, -0.15) is 0 Å². The third kappa shape index (κ3) is 12.2. The van der Waals surface area contributed by atoms with Crippen molar-refractivity contribution in [3.63, 3.8) is 0 Å². The van der Waals surface area contributed by atoms with Crippen LogP contribution < -0.4 is 21.7 Å². The molecular formula is C45H43Cl3F4N6O8. The van der Waals surface area contributed by atoms with E-state index in [0.717, 1.165) is 12.5 Å². The second kappa shape index (κ2) is 22.6. The third-order valence-electron chi connectivity index (χ3n) is 10.9. The second-order valence-corrected chi connectivity index (χ2v) is 16.1. The smallest absolute Gasteiger partial charge is 0.419 e. The fraction of sp³-hybridized carbons (Fsp3) is 0.311. The molecule has 14 nitrogen and oxygen atoms in total. The predicted octanol–water partition coefficient (Wildman–Crippen LogP) is 9.27. The lowest BCUT2D eigenvalue weighted by Crippen LogP contribution is -2.32. The van der Waals surface area contributed by atoms with Gasteiger partial charge >= 0.3 is 12.2 Å². The van der Waals surface area contributed by atoms with Crippen molar-refractivity contribution in [2.75, 3.05) is 37.1 Å². The number of aromatic nitrogens is 2. The molecule has 4 aliphatic rings. The maximum atomic E-state index is 14.6. The van der Waals surface area contributed by atoms with Crippen LogP contribution in [0.1, 0.15) is 80.7 Å². The molecule has 2 saturated heterocycles. The Hall–Kier alpha value is -5.76. The van der Waals surface area contributed by atoms with Gasteiger partial charge in [0.15, 0.2) is 0 Å². The lowest BCUT2D eigenvalue weighted by molar-refractivity contribution is 0.0806. The average molecular weight is 978 g/mol. The summed E-state index contributed by atoms with van der Waals surface area (Å²) in [5, 5.41) is 7.77. The summed E-state index contributed by atoms with van der Waals surface area (Å²) in [5.41, 5.74) is 9.08. The topological polar surface area (TPSA) is 185 Å². The first-order valence-corrected chi connectivity index (χ1v) is 21.2. The number of imidazole rings is 1. The Morgan fingerprint density at radius 2 is 1.21 bits per heavy atom. The number of rotatable bonds is 7. The summed E-state index contributed by atoms with van der Waals surface area (Å²) in [6.45, 7) is 2.06. The van der Waals surface area contributed by atoms with E-state index in [4.69, 9.17) is 47.9 Å². The van der Waals surface area contributed by atoms with Crippen molar-refractivity contribution in [3.05, 3.63) is 146 Å². The first-order chi connectivity index (χ1) is 31.2. The third-order valence-corrected chi connectivity index (χ3v) is 11.5. The van der Waals surface area contributed by atoms with Gasteiger partial charge in [-0.3, -0.25) is 9.59 Å². The van der Waals surface area contributed by atoms with Crippen LogP contribution in [-0.4, -0.2) is 72.2 Å². The summed E-state index contributed by atoms with van der Waals surface area (Å²) in [6, 6.07) is 12.0. The zero-order chi connectivity index (χ0) is 46.2. The largest absolute Gasteiger partial charge is 0.444 e. The fourth-order valence-corrected chi connectivity index (χ4v) is 8.05. The second-order valence-electron chi connectivity index (χ2n) is 15.3. The Labute approximate surface area is 391 Å². The highest BCUT2D eigenvalue weighted by Gasteiger charge is 2.33. The van der Waals surface area contributed by atoms with E-state index in [-0.39, 0.29) is 57.6 Å². The number of alkyl carbamates (subject to hydrolysis) is 1. The summed E-state index contributed by atoms with van der Waals surface area (Å²) < 4.78 is 76.8. The molecule has 5 aromatic rings. The first-order valence-electron chi connectivity index (χ1n) is 20.5. The molecule has 0 saturated carbocycles. The van der Waals surface area contributed by atoms with Gasteiger partial charge in [0, 0.05) is 64.9 Å². The normalized spacial score (nSPS) is 18.8. The number of anilines is 2. The maximum absolute atomic E-state index is 14.6. The molecule has 0 bridgehead atoms. The Morgan fingerprint density at radius 1 is 0.697 bits per heavy atom. The fourth-order valence-electron chi connectivity index (χ4n) is 7.69. The van der Waals surface area contributed by atoms with Crippen LogP contribution in [0.3, 0.4) is 0 Å². The summed E-state index contributed by atoms with van der Waals surface area (Å²) in [7, 11) is 0. The predicted molar refractivity (Wildman–Crippen MR) is 237 cm³/mol. The highest BCUT2D eigenvalue weighted by Crippen LogP contribution is 2.37. The van der Waals surface area contributed by atoms with Crippen LogP contribution in [0, 0.1) is 23.3 Å². The average Bonchev–Trinajstić information content (AvgIpc) is 4.14. The van der Waals surface area contributed by atoms with Crippen molar-refractivity contribution in [1.82, 2.24) is 14.9 Å². The molecule has 3 amide bonds. The molecule has 0 spiro atoms. The van der Waals surface area contributed by atoms with Crippen LogP contribution in [0.15, 0.2) is 79.4 Å². The van der Waals surface area contributed by atoms with Gasteiger partial charge in [0.25, 0.3) is 11.8 Å². The molecule has 66 heavy (non-hydrogen) atoms. The molecule has 2 aliphatic carbocycles. The van der Waals surface area contributed by atoms with Gasteiger partial charge < -0.3 is 40.6 Å². The van der Waals surface area contributed by atoms with Gasteiger partial charge in [-0.15, -0.1) is 12.4 Å². The van der Waals surface area contributed by atoms with Crippen LogP contribution in [0.5, 0.6) is 0 Å². The Balaban J connectivity index is 0.000000175. The van der Waals surface area contributed by atoms with Gasteiger partial charge in [0.1, 0.15) is 41.8 Å². The number of benzene rings is 4. The van der Waals surface area contributed by atoms with E-state index in [1.807, 2.05) is 0 Å². The summed E-state index contributed by atoms with van der Waals surface area (Å²) in [4.78, 5) is 52.3. The van der Waals surface area contributed by atoms with E-state index in [9.17, 15) is 36.7 Å². The highest BCUT2D eigenvalue weighted by atomic mass is 35.5. The number of nitrogens with two attached hydrogens (primary N) is 1. The van der Waals surface area contributed by atoms with E-state index in [1.165, 1.54) is 71.7 Å². The van der Waals surface area contributed by atoms with Crippen LogP contribution in [-0.2, 0) is 31.8 Å². The van der Waals surface area contributed by atoms with Gasteiger partial charge in [-0.05, 0) is 97.5 Å². The molecule has 21 heteroatoms. The molecule has 2 aliphatic heterocycles. The van der Waals surface area contributed by atoms with Gasteiger partial charge in [-0.25, -0.2) is 36.7 Å². The lowest BCUT2D eigenvalue weighted by Gasteiger charge is -2.17. The minimum absolute atomic E-state index is 0. The SMILES string of the molecule is Cl.N[C@H]1CCc2c(C(=O)Nc3ccc(F)c(Cl)c3)ccc(F)c21.O=C(N[C@H]1CCc2c(C(=O)Nc3ccc(F)c(Cl)c3)ccc(F)c21)O[C@@H]1CCOC1.O=C(O[C@@H]1CCOC1)n1ccnc1. The Morgan fingerprint density at radius 3 is 1.73 bits per heavy atom. The van der Waals surface area contributed by atoms with E-state index < -0.39 is 47.5 Å². The number of fused-ring (bicyclic) bond motifs is 2. The van der Waals surface area contributed by atoms with E-state index >= 15 is 0 Å². The van der Waals surface area contributed by atoms with Crippen molar-refractivity contribution in [2.45, 2.75) is 62.8 Å². The van der Waals surface area contributed by atoms with Crippen molar-refractivity contribution < 1.29 is 55.7 Å². The molecule has 9 rings (SSSR count). The molecule has 4 aromatic carbocycles. The summed E-state index contributed by atoms with van der Waals surface area (Å²) in [6.07, 6.45) is 6.48. The number of amides is 3.